The van der Waals surface area contributed by atoms with Crippen molar-refractivity contribution in [3.63, 3.8) is 0 Å². The molecule has 7 heavy (non-hydrogen) atoms. The van der Waals surface area contributed by atoms with E-state index in [1.807, 2.05) is 6.92 Å². The first kappa shape index (κ1) is 6.05. The van der Waals surface area contributed by atoms with Crippen LogP contribution in [0.4, 0.5) is 0 Å². The van der Waals surface area contributed by atoms with Crippen LogP contribution in [0.5, 0.6) is 0 Å². The van der Waals surface area contributed by atoms with Crippen LogP contribution in [0.2, 0.25) is 0 Å². The third kappa shape index (κ3) is 5.05. The zero-order valence-electron chi connectivity index (χ0n) is 4.13. The first-order valence-corrected chi connectivity index (χ1v) is 2.03. The van der Waals surface area contributed by atoms with Crippen molar-refractivity contribution in [1.29, 1.82) is 0 Å². The van der Waals surface area contributed by atoms with E-state index >= 15 is 0 Å². The smallest absolute Gasteiger partial charge is 0.0427 e. The largest absolute Gasteiger partial charge is 0.0748 e. The highest BCUT2D eigenvalue weighted by molar-refractivity contribution is 4.68. The molecule has 0 heterocycles. The van der Waals surface area contributed by atoms with Gasteiger partial charge in [0.25, 0.3) is 0 Å². The molecule has 3 heteroatoms. The molecule has 1 radical (unpaired) electrons. The minimum atomic E-state index is 0.860. The number of hydrogen-bond acceptors (Lipinski definition) is 1. The maximum absolute atomic E-state index is 7.67. The van der Waals surface area contributed by atoms with Crippen molar-refractivity contribution >= 4 is 0 Å². The minimum absolute atomic E-state index is 0.860. The Morgan fingerprint density at radius 2 is 2.71 bits per heavy atom. The van der Waals surface area contributed by atoms with Gasteiger partial charge in [0, 0.05) is 11.1 Å². The van der Waals surface area contributed by atoms with Crippen molar-refractivity contribution in [3.8, 4) is 0 Å². The fourth-order valence-electron chi connectivity index (χ4n) is 0.158. The van der Waals surface area contributed by atoms with Crippen molar-refractivity contribution in [3.05, 3.63) is 22.7 Å². The van der Waals surface area contributed by atoms with Gasteiger partial charge in [-0.1, -0.05) is 18.1 Å². The lowest BCUT2D eigenvalue weighted by atomic mass is 10.5. The lowest BCUT2D eigenvalue weighted by Gasteiger charge is -1.65. The van der Waals surface area contributed by atoms with Crippen molar-refractivity contribution in [2.24, 2.45) is 5.11 Å². The molecule has 0 N–H and O–H groups in total. The number of rotatable bonds is 2. The third-order valence-electron chi connectivity index (χ3n) is 0.398. The predicted molar refractivity (Wildman–Crippen MR) is 27.2 cm³/mol. The van der Waals surface area contributed by atoms with Gasteiger partial charge in [0.2, 0.25) is 0 Å². The van der Waals surface area contributed by atoms with E-state index in [9.17, 15) is 0 Å². The van der Waals surface area contributed by atoms with Crippen LogP contribution in [-0.4, -0.2) is 0 Å². The molecule has 0 aromatic rings. The number of allylic oxidation sites excluding steroid dienone is 1. The topological polar surface area (TPSA) is 48.8 Å². The lowest BCUT2D eigenvalue weighted by molar-refractivity contribution is 1.19. The second-order valence-corrected chi connectivity index (χ2v) is 0.931. The highest BCUT2D eigenvalue weighted by Gasteiger charge is 1.59. The van der Waals surface area contributed by atoms with Crippen molar-refractivity contribution in [2.75, 3.05) is 0 Å². The van der Waals surface area contributed by atoms with Gasteiger partial charge in [-0.15, -0.1) is 0 Å². The molecule has 0 fully saturated rings. The maximum atomic E-state index is 7.67. The van der Waals surface area contributed by atoms with E-state index in [0.29, 0.717) is 0 Å². The van der Waals surface area contributed by atoms with Crippen molar-refractivity contribution in [1.82, 2.24) is 0 Å². The summed E-state index contributed by atoms with van der Waals surface area (Å²) in [6, 6.07) is 0. The molecule has 0 saturated heterocycles. The number of azide groups is 1. The summed E-state index contributed by atoms with van der Waals surface area (Å²) < 4.78 is 0. The lowest BCUT2D eigenvalue weighted by Crippen LogP contribution is -1.47. The summed E-state index contributed by atoms with van der Waals surface area (Å²) in [4.78, 5) is 2.46. The van der Waals surface area contributed by atoms with Crippen LogP contribution < -0.4 is 0 Å². The molecule has 0 aliphatic heterocycles. The Morgan fingerprint density at radius 1 is 2.00 bits per heavy atom. The van der Waals surface area contributed by atoms with Crippen LogP contribution in [-0.2, 0) is 0 Å². The van der Waals surface area contributed by atoms with Gasteiger partial charge in [0.15, 0.2) is 0 Å². The zero-order valence-corrected chi connectivity index (χ0v) is 4.13. The fraction of sp³-hybridized carbons (Fsp3) is 0.500. The van der Waals surface area contributed by atoms with Gasteiger partial charge in [-0.05, 0) is 12.0 Å². The van der Waals surface area contributed by atoms with Crippen LogP contribution in [0.25, 0.3) is 10.4 Å². The molecule has 0 unspecified atom stereocenters. The molecule has 0 aromatic carbocycles. The minimum Gasteiger partial charge on any atom is -0.0748 e. The van der Waals surface area contributed by atoms with Gasteiger partial charge < -0.3 is 0 Å². The summed E-state index contributed by atoms with van der Waals surface area (Å²) in [7, 11) is 0. The Labute approximate surface area is 42.3 Å². The second-order valence-electron chi connectivity index (χ2n) is 0.931. The number of hydrogen-bond donors (Lipinski definition) is 0. The number of nitrogens with zero attached hydrogens (tertiary/aromatic N) is 3. The summed E-state index contributed by atoms with van der Waals surface area (Å²) in [5, 5.41) is 3.04. The highest BCUT2D eigenvalue weighted by atomic mass is 15.1. The summed E-state index contributed by atoms with van der Waals surface area (Å²) >= 11 is 0. The summed E-state index contributed by atoms with van der Waals surface area (Å²) in [6.07, 6.45) is 4.89. The summed E-state index contributed by atoms with van der Waals surface area (Å²) in [5.41, 5.74) is 7.67. The molecule has 0 bridgehead atoms. The summed E-state index contributed by atoms with van der Waals surface area (Å²) in [5.74, 6) is 0. The normalized spacial score (nSPS) is 8.71. The average molecular weight is 96.1 g/mol. The molecule has 0 atom stereocenters. The Bertz CT molecular complexity index is 99.5. The van der Waals surface area contributed by atoms with E-state index in [0.717, 1.165) is 6.42 Å². The average Bonchev–Trinajstić information content (AvgIpc) is 1.69. The third-order valence-corrected chi connectivity index (χ3v) is 0.398. The predicted octanol–water partition coefficient (Wildman–Crippen LogP) is 2.02. The maximum Gasteiger partial charge on any atom is 0.0427 e. The van der Waals surface area contributed by atoms with E-state index in [1.54, 1.807) is 6.08 Å². The molecule has 0 aliphatic rings. The Hall–Kier alpha value is -0.950. The SMILES string of the molecule is CC/C=[C]\N=[N+]=[N-]. The van der Waals surface area contributed by atoms with Crippen molar-refractivity contribution in [2.45, 2.75) is 13.3 Å². The molecule has 0 amide bonds. The molecule has 37 valence electrons. The van der Waals surface area contributed by atoms with E-state index in [2.05, 4.69) is 16.2 Å². The van der Waals surface area contributed by atoms with Gasteiger partial charge in [-0.25, -0.2) is 0 Å². The van der Waals surface area contributed by atoms with E-state index < -0.39 is 0 Å². The van der Waals surface area contributed by atoms with Crippen LogP contribution in [0.1, 0.15) is 13.3 Å². The molecular formula is C4H6N3. The van der Waals surface area contributed by atoms with E-state index in [1.165, 1.54) is 0 Å². The molecule has 0 aliphatic carbocycles. The molecule has 3 nitrogen and oxygen atoms in total. The zero-order chi connectivity index (χ0) is 5.54. The first-order valence-electron chi connectivity index (χ1n) is 2.03. The standard InChI is InChI=1S/C4H6N3/c1-2-3-4-6-7-5/h3H,2H2,1H3. The van der Waals surface area contributed by atoms with Crippen LogP contribution in [0.3, 0.4) is 0 Å². The molecule has 0 spiro atoms. The first-order chi connectivity index (χ1) is 3.41. The van der Waals surface area contributed by atoms with E-state index in [-0.39, 0.29) is 0 Å². The van der Waals surface area contributed by atoms with Gasteiger partial charge in [-0.2, -0.15) is 0 Å². The molecular weight excluding hydrogens is 90.1 g/mol. The monoisotopic (exact) mass is 96.1 g/mol. The van der Waals surface area contributed by atoms with Gasteiger partial charge in [-0.3, -0.25) is 0 Å². The highest BCUT2D eigenvalue weighted by Crippen LogP contribution is 1.77. The second kappa shape index (κ2) is 5.05. The molecule has 0 aromatic heterocycles. The summed E-state index contributed by atoms with van der Waals surface area (Å²) in [6.45, 7) is 1.94. The van der Waals surface area contributed by atoms with Crippen LogP contribution >= 0.6 is 0 Å². The van der Waals surface area contributed by atoms with Gasteiger partial charge in [0.05, 0.1) is 0 Å². The van der Waals surface area contributed by atoms with E-state index in [4.69, 9.17) is 5.53 Å². The van der Waals surface area contributed by atoms with Crippen LogP contribution in [0, 0.1) is 6.20 Å². The molecule has 0 saturated carbocycles. The molecule has 0 rings (SSSR count). The van der Waals surface area contributed by atoms with Crippen LogP contribution in [0.15, 0.2) is 11.2 Å². The van der Waals surface area contributed by atoms with Crippen molar-refractivity contribution < 1.29 is 0 Å². The Morgan fingerprint density at radius 3 is 3.14 bits per heavy atom. The Balaban J connectivity index is 3.27. The fourth-order valence-corrected chi connectivity index (χ4v) is 0.158. The Kier molecular flexibility index (Phi) is 4.36. The quantitative estimate of drug-likeness (QED) is 0.287. The van der Waals surface area contributed by atoms with Gasteiger partial charge in [0.1, 0.15) is 0 Å². The van der Waals surface area contributed by atoms with Gasteiger partial charge >= 0.3 is 0 Å².